The maximum atomic E-state index is 13.7. The quantitative estimate of drug-likeness (QED) is 0.731. The average molecular weight is 288 g/mol. The van der Waals surface area contributed by atoms with Crippen molar-refractivity contribution in [2.45, 2.75) is 10.8 Å². The summed E-state index contributed by atoms with van der Waals surface area (Å²) in [5.74, 6) is 0.448. The van der Waals surface area contributed by atoms with E-state index < -0.39 is 11.6 Å². The third kappa shape index (κ3) is 1.73. The van der Waals surface area contributed by atoms with Crippen LogP contribution in [-0.4, -0.2) is 15.7 Å². The Balaban J connectivity index is 1.86. The van der Waals surface area contributed by atoms with Crippen LogP contribution in [0.15, 0.2) is 41.3 Å². The summed E-state index contributed by atoms with van der Waals surface area (Å²) < 4.78 is 26.9. The second kappa shape index (κ2) is 4.31. The summed E-state index contributed by atoms with van der Waals surface area (Å²) in [7, 11) is 0. The minimum atomic E-state index is -0.624. The molecule has 2 heterocycles. The molecule has 0 bridgehead atoms. The molecule has 1 aromatic heterocycles. The van der Waals surface area contributed by atoms with E-state index in [1.54, 1.807) is 11.8 Å². The molecule has 1 unspecified atom stereocenters. The summed E-state index contributed by atoms with van der Waals surface area (Å²) in [5, 5.41) is 0. The van der Waals surface area contributed by atoms with Crippen LogP contribution in [0.2, 0.25) is 0 Å². The molecule has 0 saturated carbocycles. The van der Waals surface area contributed by atoms with Gasteiger partial charge in [-0.1, -0.05) is 18.2 Å². The van der Waals surface area contributed by atoms with Crippen LogP contribution >= 0.6 is 11.8 Å². The number of thioether (sulfide) groups is 1. The van der Waals surface area contributed by atoms with Crippen molar-refractivity contribution in [1.29, 1.82) is 0 Å². The van der Waals surface area contributed by atoms with Gasteiger partial charge in [-0.2, -0.15) is 0 Å². The molecule has 1 aliphatic heterocycles. The molecule has 1 N–H and O–H groups in total. The Morgan fingerprint density at radius 2 is 2.05 bits per heavy atom. The standard InChI is InChI=1S/C15H10F2N2S/c16-8-5-11(17)14-12(6-8)18-15(19-14)10-7-20-13-4-2-1-3-9(10)13/h1-6,10H,7H2,(H,18,19). The van der Waals surface area contributed by atoms with Crippen LogP contribution in [0.3, 0.4) is 0 Å². The van der Waals surface area contributed by atoms with Gasteiger partial charge in [0.2, 0.25) is 0 Å². The van der Waals surface area contributed by atoms with Crippen LogP contribution in [0.5, 0.6) is 0 Å². The Morgan fingerprint density at radius 3 is 2.95 bits per heavy atom. The van der Waals surface area contributed by atoms with Gasteiger partial charge in [-0.25, -0.2) is 13.8 Å². The number of fused-ring (bicyclic) bond motifs is 2. The lowest BCUT2D eigenvalue weighted by atomic mass is 10.0. The molecule has 100 valence electrons. The summed E-state index contributed by atoms with van der Waals surface area (Å²) in [5.41, 5.74) is 1.81. The van der Waals surface area contributed by atoms with Gasteiger partial charge in [0, 0.05) is 16.7 Å². The molecule has 2 nitrogen and oxygen atoms in total. The Hall–Kier alpha value is -1.88. The fourth-order valence-electron chi connectivity index (χ4n) is 2.62. The van der Waals surface area contributed by atoms with E-state index >= 15 is 0 Å². The maximum absolute atomic E-state index is 13.7. The normalized spacial score (nSPS) is 17.6. The smallest absolute Gasteiger partial charge is 0.153 e. The number of benzene rings is 2. The molecule has 0 spiro atoms. The lowest BCUT2D eigenvalue weighted by Crippen LogP contribution is -2.01. The minimum absolute atomic E-state index is 0.103. The highest BCUT2D eigenvalue weighted by Crippen LogP contribution is 2.42. The van der Waals surface area contributed by atoms with Crippen LogP contribution in [-0.2, 0) is 0 Å². The highest BCUT2D eigenvalue weighted by molar-refractivity contribution is 7.99. The molecule has 0 radical (unpaired) electrons. The van der Waals surface area contributed by atoms with E-state index in [1.807, 2.05) is 12.1 Å². The van der Waals surface area contributed by atoms with Gasteiger partial charge in [0.15, 0.2) is 5.82 Å². The van der Waals surface area contributed by atoms with Gasteiger partial charge in [0.1, 0.15) is 17.2 Å². The second-order valence-corrected chi connectivity index (χ2v) is 5.87. The lowest BCUT2D eigenvalue weighted by molar-refractivity contribution is 0.590. The highest BCUT2D eigenvalue weighted by Gasteiger charge is 2.27. The number of hydrogen-bond acceptors (Lipinski definition) is 2. The molecule has 0 fully saturated rings. The molecule has 1 atom stereocenters. The van der Waals surface area contributed by atoms with Crippen molar-refractivity contribution < 1.29 is 8.78 Å². The first-order valence-electron chi connectivity index (χ1n) is 6.29. The maximum Gasteiger partial charge on any atom is 0.153 e. The van der Waals surface area contributed by atoms with E-state index in [4.69, 9.17) is 0 Å². The van der Waals surface area contributed by atoms with Crippen LogP contribution in [0.1, 0.15) is 17.3 Å². The topological polar surface area (TPSA) is 28.7 Å². The zero-order valence-electron chi connectivity index (χ0n) is 10.4. The van der Waals surface area contributed by atoms with E-state index in [9.17, 15) is 8.78 Å². The zero-order valence-corrected chi connectivity index (χ0v) is 11.2. The van der Waals surface area contributed by atoms with Crippen molar-refractivity contribution in [2.24, 2.45) is 0 Å². The first kappa shape index (κ1) is 11.9. The van der Waals surface area contributed by atoms with Crippen molar-refractivity contribution >= 4 is 22.8 Å². The summed E-state index contributed by atoms with van der Waals surface area (Å²) in [6, 6.07) is 10.3. The molecule has 2 aromatic carbocycles. The molecule has 1 aliphatic rings. The molecule has 5 heteroatoms. The number of imidazole rings is 1. The lowest BCUT2D eigenvalue weighted by Gasteiger charge is -2.06. The largest absolute Gasteiger partial charge is 0.341 e. The fraction of sp³-hybridized carbons (Fsp3) is 0.133. The second-order valence-electron chi connectivity index (χ2n) is 4.81. The van der Waals surface area contributed by atoms with E-state index in [1.165, 1.54) is 16.5 Å². The predicted molar refractivity (Wildman–Crippen MR) is 75.0 cm³/mol. The number of H-pyrrole nitrogens is 1. The Labute approximate surface area is 118 Å². The van der Waals surface area contributed by atoms with Crippen molar-refractivity contribution in [3.8, 4) is 0 Å². The predicted octanol–water partition coefficient (Wildman–Crippen LogP) is 4.08. The Kier molecular flexibility index (Phi) is 2.57. The first-order chi connectivity index (χ1) is 9.72. The van der Waals surface area contributed by atoms with Gasteiger partial charge in [-0.3, -0.25) is 0 Å². The van der Waals surface area contributed by atoms with E-state index in [-0.39, 0.29) is 11.4 Å². The summed E-state index contributed by atoms with van der Waals surface area (Å²) in [6.07, 6.45) is 0. The van der Waals surface area contributed by atoms with Gasteiger partial charge in [-0.15, -0.1) is 11.8 Å². The molecule has 0 aliphatic carbocycles. The van der Waals surface area contributed by atoms with E-state index in [0.29, 0.717) is 11.3 Å². The molecule has 0 saturated heterocycles. The SMILES string of the molecule is Fc1cc(F)c2nc(C3CSc4ccccc43)[nH]c2c1. The number of aromatic amines is 1. The van der Waals surface area contributed by atoms with Crippen LogP contribution in [0.4, 0.5) is 8.78 Å². The third-order valence-corrected chi connectivity index (χ3v) is 4.74. The van der Waals surface area contributed by atoms with Crippen LogP contribution < -0.4 is 0 Å². The van der Waals surface area contributed by atoms with Crippen molar-refractivity contribution in [3.05, 3.63) is 59.4 Å². The molecule has 3 aromatic rings. The van der Waals surface area contributed by atoms with Crippen molar-refractivity contribution in [3.63, 3.8) is 0 Å². The van der Waals surface area contributed by atoms with Crippen molar-refractivity contribution in [2.75, 3.05) is 5.75 Å². The van der Waals surface area contributed by atoms with Gasteiger partial charge in [-0.05, 0) is 17.7 Å². The van der Waals surface area contributed by atoms with Crippen LogP contribution in [0, 0.1) is 11.6 Å². The zero-order chi connectivity index (χ0) is 13.7. The minimum Gasteiger partial charge on any atom is -0.341 e. The number of halogens is 2. The van der Waals surface area contributed by atoms with E-state index in [0.717, 1.165) is 11.8 Å². The number of rotatable bonds is 1. The fourth-order valence-corrected chi connectivity index (χ4v) is 3.85. The third-order valence-electron chi connectivity index (χ3n) is 3.55. The summed E-state index contributed by atoms with van der Waals surface area (Å²) in [4.78, 5) is 8.61. The van der Waals surface area contributed by atoms with Crippen LogP contribution in [0.25, 0.3) is 11.0 Å². The van der Waals surface area contributed by atoms with Gasteiger partial charge in [0.05, 0.1) is 11.4 Å². The molecular weight excluding hydrogens is 278 g/mol. The summed E-state index contributed by atoms with van der Waals surface area (Å²) in [6.45, 7) is 0. The van der Waals surface area contributed by atoms with Crippen molar-refractivity contribution in [1.82, 2.24) is 9.97 Å². The molecular formula is C15H10F2N2S. The van der Waals surface area contributed by atoms with Gasteiger partial charge >= 0.3 is 0 Å². The van der Waals surface area contributed by atoms with Gasteiger partial charge < -0.3 is 4.98 Å². The summed E-state index contributed by atoms with van der Waals surface area (Å²) >= 11 is 1.76. The molecule has 0 amide bonds. The molecule has 20 heavy (non-hydrogen) atoms. The Morgan fingerprint density at radius 1 is 1.20 bits per heavy atom. The number of hydrogen-bond donors (Lipinski definition) is 1. The first-order valence-corrected chi connectivity index (χ1v) is 7.27. The molecule has 4 rings (SSSR count). The monoisotopic (exact) mass is 288 g/mol. The Bertz CT molecular complexity index is 813. The number of nitrogens with zero attached hydrogens (tertiary/aromatic N) is 1. The highest BCUT2D eigenvalue weighted by atomic mass is 32.2. The van der Waals surface area contributed by atoms with Gasteiger partial charge in [0.25, 0.3) is 0 Å². The number of nitrogens with one attached hydrogen (secondary N) is 1. The number of aromatic nitrogens is 2. The van der Waals surface area contributed by atoms with E-state index in [2.05, 4.69) is 22.1 Å². The average Bonchev–Trinajstić information content (AvgIpc) is 3.01.